The van der Waals surface area contributed by atoms with E-state index >= 15 is 0 Å². The summed E-state index contributed by atoms with van der Waals surface area (Å²) in [4.78, 5) is 0.942. The molecule has 0 aromatic rings. The summed E-state index contributed by atoms with van der Waals surface area (Å²) in [6.07, 6.45) is 22.5. The molecule has 0 aliphatic heterocycles. The first-order valence-corrected chi connectivity index (χ1v) is 20.4. The Hall–Kier alpha value is -0.909. The first kappa shape index (κ1) is 21.8. The lowest BCUT2D eigenvalue weighted by atomic mass is 10.3. The first-order chi connectivity index (χ1) is 12.9. The molecular formula is C25H40Si3. The van der Waals surface area contributed by atoms with Crippen LogP contribution in [0.2, 0.25) is 60.7 Å². The van der Waals surface area contributed by atoms with Crippen molar-refractivity contribution in [2.75, 3.05) is 0 Å². The van der Waals surface area contributed by atoms with E-state index in [1.165, 1.54) is 16.7 Å². The van der Waals surface area contributed by atoms with Gasteiger partial charge in [-0.05, 0) is 37.4 Å². The van der Waals surface area contributed by atoms with Gasteiger partial charge in [0.05, 0.1) is 24.2 Å². The fourth-order valence-electron chi connectivity index (χ4n) is 6.79. The summed E-state index contributed by atoms with van der Waals surface area (Å²) in [7, 11) is -4.67. The summed E-state index contributed by atoms with van der Waals surface area (Å²) in [5, 5.41) is 0. The zero-order valence-corrected chi connectivity index (χ0v) is 22.5. The van der Waals surface area contributed by atoms with E-state index in [-0.39, 0.29) is 0 Å². The van der Waals surface area contributed by atoms with Gasteiger partial charge < -0.3 is 0 Å². The second-order valence-corrected chi connectivity index (χ2v) is 27.7. The van der Waals surface area contributed by atoms with Crippen molar-refractivity contribution in [1.82, 2.24) is 0 Å². The van der Waals surface area contributed by atoms with Crippen LogP contribution in [0.15, 0.2) is 71.4 Å². The summed E-state index contributed by atoms with van der Waals surface area (Å²) in [5.74, 6) is 0. The normalized spacial score (nSPS) is 28.6. The van der Waals surface area contributed by atoms with Crippen molar-refractivity contribution in [2.45, 2.75) is 81.5 Å². The van der Waals surface area contributed by atoms with Gasteiger partial charge in [0.1, 0.15) is 0 Å². The molecule has 3 unspecified atom stereocenters. The van der Waals surface area contributed by atoms with Gasteiger partial charge >= 0.3 is 0 Å². The maximum Gasteiger partial charge on any atom is 0.0568 e. The van der Waals surface area contributed by atoms with Crippen LogP contribution in [0.5, 0.6) is 0 Å². The van der Waals surface area contributed by atoms with Crippen molar-refractivity contribution in [2.24, 2.45) is 0 Å². The van der Waals surface area contributed by atoms with Crippen LogP contribution < -0.4 is 0 Å². The Morgan fingerprint density at radius 3 is 0.964 bits per heavy atom. The van der Waals surface area contributed by atoms with E-state index in [1.807, 2.05) is 0 Å². The van der Waals surface area contributed by atoms with Crippen LogP contribution >= 0.6 is 0 Å². The third-order valence-electron chi connectivity index (χ3n) is 7.84. The van der Waals surface area contributed by atoms with Crippen LogP contribution in [0, 0.1) is 0 Å². The Morgan fingerprint density at radius 2 is 0.786 bits per heavy atom. The second-order valence-electron chi connectivity index (χ2n) is 11.3. The highest BCUT2D eigenvalue weighted by Crippen LogP contribution is 2.56. The molecule has 0 fully saturated rings. The standard InChI is InChI=1S/C25H40Si3/c1-19-10-13-22(16-19)26(4,5)25(27(6,7)23-14-11-20(2)17-23)28(8,9)24-15-12-21(3)18-24/h10-18,22-25H,1-9H3. The summed E-state index contributed by atoms with van der Waals surface area (Å²) in [5.41, 5.74) is 6.50. The van der Waals surface area contributed by atoms with Crippen LogP contribution in [-0.4, -0.2) is 24.2 Å². The number of allylic oxidation sites excluding steroid dienone is 12. The van der Waals surface area contributed by atoms with Crippen molar-refractivity contribution in [1.29, 1.82) is 0 Å². The molecular weight excluding hydrogens is 385 g/mol. The molecule has 0 N–H and O–H groups in total. The summed E-state index contributed by atoms with van der Waals surface area (Å²) in [6.45, 7) is 23.1. The van der Waals surface area contributed by atoms with Gasteiger partial charge in [0.2, 0.25) is 0 Å². The molecule has 3 heteroatoms. The van der Waals surface area contributed by atoms with Crippen LogP contribution in [0.25, 0.3) is 0 Å². The predicted molar refractivity (Wildman–Crippen MR) is 136 cm³/mol. The predicted octanol–water partition coefficient (Wildman–Crippen LogP) is 8.22. The van der Waals surface area contributed by atoms with Crippen molar-refractivity contribution in [3.8, 4) is 0 Å². The Kier molecular flexibility index (Phi) is 5.76. The van der Waals surface area contributed by atoms with Crippen LogP contribution in [0.3, 0.4) is 0 Å². The molecule has 3 aliphatic rings. The molecule has 28 heavy (non-hydrogen) atoms. The molecule has 0 radical (unpaired) electrons. The van der Waals surface area contributed by atoms with Gasteiger partial charge in [-0.1, -0.05) is 115 Å². The van der Waals surface area contributed by atoms with Crippen molar-refractivity contribution in [3.05, 3.63) is 71.4 Å². The third kappa shape index (κ3) is 3.78. The lowest BCUT2D eigenvalue weighted by Crippen LogP contribution is -2.62. The van der Waals surface area contributed by atoms with Gasteiger partial charge in [0.15, 0.2) is 0 Å². The van der Waals surface area contributed by atoms with Crippen molar-refractivity contribution < 1.29 is 0 Å². The zero-order valence-electron chi connectivity index (χ0n) is 19.5. The molecule has 0 saturated carbocycles. The zero-order chi connectivity index (χ0) is 20.9. The lowest BCUT2D eigenvalue weighted by Gasteiger charge is -2.55. The molecule has 152 valence electrons. The Labute approximate surface area is 176 Å². The molecule has 0 spiro atoms. The van der Waals surface area contributed by atoms with Gasteiger partial charge in [0, 0.05) is 0 Å². The first-order valence-electron chi connectivity index (χ1n) is 11.0. The van der Waals surface area contributed by atoms with Gasteiger partial charge in [0.25, 0.3) is 0 Å². The van der Waals surface area contributed by atoms with E-state index in [0.29, 0.717) is 16.6 Å². The second kappa shape index (κ2) is 7.41. The maximum absolute atomic E-state index is 2.72. The van der Waals surface area contributed by atoms with E-state index in [1.54, 1.807) is 0 Å². The summed E-state index contributed by atoms with van der Waals surface area (Å²) >= 11 is 0. The van der Waals surface area contributed by atoms with E-state index in [0.717, 1.165) is 4.79 Å². The topological polar surface area (TPSA) is 0 Å². The van der Waals surface area contributed by atoms with Crippen molar-refractivity contribution in [3.63, 3.8) is 0 Å². The summed E-state index contributed by atoms with van der Waals surface area (Å²) in [6, 6.07) is 0. The molecule has 0 heterocycles. The average Bonchev–Trinajstić information content (AvgIpc) is 3.28. The smallest absolute Gasteiger partial charge is 0.0568 e. The average molecular weight is 425 g/mol. The summed E-state index contributed by atoms with van der Waals surface area (Å²) < 4.78 is 0. The fraction of sp³-hybridized carbons (Fsp3) is 0.520. The number of rotatable bonds is 6. The minimum absolute atomic E-state index is 0.696. The third-order valence-corrected chi connectivity index (χ3v) is 31.9. The molecule has 0 nitrogen and oxygen atoms in total. The van der Waals surface area contributed by atoms with Gasteiger partial charge in [-0.2, -0.15) is 0 Å². The highest BCUT2D eigenvalue weighted by molar-refractivity contribution is 7.15. The number of hydrogen-bond donors (Lipinski definition) is 0. The van der Waals surface area contributed by atoms with Gasteiger partial charge in [-0.25, -0.2) is 0 Å². The quantitative estimate of drug-likeness (QED) is 0.377. The molecule has 0 aromatic carbocycles. The van der Waals surface area contributed by atoms with Crippen molar-refractivity contribution >= 4 is 24.2 Å². The molecule has 0 aromatic heterocycles. The van der Waals surface area contributed by atoms with Gasteiger partial charge in [-0.3, -0.25) is 0 Å². The number of hydrogen-bond acceptors (Lipinski definition) is 0. The molecule has 3 rings (SSSR count). The van der Waals surface area contributed by atoms with E-state index in [4.69, 9.17) is 0 Å². The molecule has 3 aliphatic carbocycles. The molecule has 3 atom stereocenters. The van der Waals surface area contributed by atoms with Crippen LogP contribution in [0.1, 0.15) is 20.8 Å². The highest BCUT2D eigenvalue weighted by Gasteiger charge is 2.57. The van der Waals surface area contributed by atoms with E-state index in [9.17, 15) is 0 Å². The Bertz CT molecular complexity index is 705. The molecule has 0 amide bonds. The Morgan fingerprint density at radius 1 is 0.536 bits per heavy atom. The van der Waals surface area contributed by atoms with Gasteiger partial charge in [-0.15, -0.1) is 0 Å². The maximum atomic E-state index is 2.72. The molecule has 0 saturated heterocycles. The minimum atomic E-state index is -1.56. The SMILES string of the molecule is CC1=CC([Si](C)(C)C([Si](C)(C)C2C=CC(C)=C2)[Si](C)(C)C2C=CC(C)=C2)C=C1. The van der Waals surface area contributed by atoms with E-state index < -0.39 is 24.2 Å². The Balaban J connectivity index is 2.10. The lowest BCUT2D eigenvalue weighted by molar-refractivity contribution is 1.12. The largest absolute Gasteiger partial charge is 0.0801 e. The van der Waals surface area contributed by atoms with Crippen LogP contribution in [-0.2, 0) is 0 Å². The molecule has 0 bridgehead atoms. The monoisotopic (exact) mass is 424 g/mol. The fourth-order valence-corrected chi connectivity index (χ4v) is 38.3. The van der Waals surface area contributed by atoms with Crippen LogP contribution in [0.4, 0.5) is 0 Å². The van der Waals surface area contributed by atoms with E-state index in [2.05, 4.69) is 115 Å². The highest BCUT2D eigenvalue weighted by atomic mass is 28.5. The minimum Gasteiger partial charge on any atom is -0.0801 e.